The number of hydrogen-bond acceptors (Lipinski definition) is 5. The molecule has 3 atom stereocenters. The minimum absolute atomic E-state index is 0.0295. The Kier molecular flexibility index (Phi) is 11.7. The van der Waals surface area contributed by atoms with Crippen LogP contribution in [0.1, 0.15) is 62.4 Å². The van der Waals surface area contributed by atoms with Crippen LogP contribution in [0.3, 0.4) is 0 Å². The fourth-order valence-electron chi connectivity index (χ4n) is 5.69. The molecule has 0 saturated carbocycles. The maximum absolute atomic E-state index is 13.6. The summed E-state index contributed by atoms with van der Waals surface area (Å²) in [6.07, 6.45) is 0.145. The quantitative estimate of drug-likeness (QED) is 0.158. The zero-order valence-corrected chi connectivity index (χ0v) is 26.0. The molecule has 0 aliphatic heterocycles. The van der Waals surface area contributed by atoms with Crippen LogP contribution >= 0.6 is 0 Å². The van der Waals surface area contributed by atoms with Gasteiger partial charge in [-0.25, -0.2) is 0 Å². The third-order valence-corrected chi connectivity index (χ3v) is 7.77. The molecule has 43 heavy (non-hydrogen) atoms. The van der Waals surface area contributed by atoms with Gasteiger partial charge in [0.2, 0.25) is 0 Å². The molecule has 0 unspecified atom stereocenters. The summed E-state index contributed by atoms with van der Waals surface area (Å²) in [5, 5.41) is 11.2. The van der Waals surface area contributed by atoms with Crippen molar-refractivity contribution < 1.29 is 14.6 Å². The number of rotatable bonds is 14. The lowest BCUT2D eigenvalue weighted by Gasteiger charge is -2.44. The Hall–Kier alpha value is -3.77. The van der Waals surface area contributed by atoms with Crippen LogP contribution in [0.2, 0.25) is 0 Å². The number of carbonyl (C=O) groups is 1. The Morgan fingerprint density at radius 3 is 1.51 bits per heavy atom. The van der Waals surface area contributed by atoms with Crippen LogP contribution in [0.5, 0.6) is 0 Å². The predicted octanol–water partition coefficient (Wildman–Crippen LogP) is 7.41. The number of carbonyl (C=O) groups excluding carboxylic acids is 1. The van der Waals surface area contributed by atoms with E-state index in [1.54, 1.807) is 0 Å². The van der Waals surface area contributed by atoms with E-state index in [2.05, 4.69) is 77.4 Å². The molecular formula is C38H46N2O3. The fraction of sp³-hybridized carbons (Fsp3) is 0.342. The second kappa shape index (κ2) is 15.6. The molecule has 0 fully saturated rings. The summed E-state index contributed by atoms with van der Waals surface area (Å²) >= 11 is 0. The van der Waals surface area contributed by atoms with E-state index < -0.39 is 5.60 Å². The van der Waals surface area contributed by atoms with Gasteiger partial charge in [0.15, 0.2) is 0 Å². The van der Waals surface area contributed by atoms with Gasteiger partial charge < -0.3 is 9.84 Å². The summed E-state index contributed by atoms with van der Waals surface area (Å²) in [5.74, 6) is -0.270. The van der Waals surface area contributed by atoms with Crippen molar-refractivity contribution in [2.45, 2.75) is 77.5 Å². The number of aliphatic hydroxyl groups is 1. The standard InChI is InChI=1S/C38H46N2O3/c1-30(34-23-15-8-16-24-34)40(28-33-21-13-7-14-22-33)35(25-37(42)43-38(2,3)4)36(29-41)39(26-31-17-9-5-10-18-31)27-32-19-11-6-12-20-32/h5-24,30,35-36,41H,25-29H2,1-4H3/t30-,35+,36-/m0/s1. The first-order valence-electron chi connectivity index (χ1n) is 15.2. The summed E-state index contributed by atoms with van der Waals surface area (Å²) in [6.45, 7) is 9.65. The van der Waals surface area contributed by atoms with E-state index in [0.29, 0.717) is 19.6 Å². The van der Waals surface area contributed by atoms with E-state index >= 15 is 0 Å². The van der Waals surface area contributed by atoms with E-state index in [-0.39, 0.29) is 37.1 Å². The zero-order valence-electron chi connectivity index (χ0n) is 26.0. The highest BCUT2D eigenvalue weighted by Gasteiger charge is 2.37. The van der Waals surface area contributed by atoms with Gasteiger partial charge in [-0.1, -0.05) is 121 Å². The van der Waals surface area contributed by atoms with E-state index in [1.165, 1.54) is 0 Å². The minimum atomic E-state index is -0.612. The molecule has 4 aromatic carbocycles. The van der Waals surface area contributed by atoms with Gasteiger partial charge in [-0.2, -0.15) is 0 Å². The van der Waals surface area contributed by atoms with Gasteiger partial charge in [0.05, 0.1) is 13.0 Å². The lowest BCUT2D eigenvalue weighted by atomic mass is 9.95. The number of benzene rings is 4. The molecule has 0 bridgehead atoms. The summed E-state index contributed by atoms with van der Waals surface area (Å²) in [6, 6.07) is 40.7. The van der Waals surface area contributed by atoms with Crippen LogP contribution in [-0.2, 0) is 29.2 Å². The SMILES string of the molecule is C[C@@H](c1ccccc1)N(Cc1ccccc1)[C@H](CC(=O)OC(C)(C)C)[C@H](CO)N(Cc1ccccc1)Cc1ccccc1. The minimum Gasteiger partial charge on any atom is -0.460 e. The molecule has 0 aliphatic rings. The van der Waals surface area contributed by atoms with Crippen molar-refractivity contribution >= 4 is 5.97 Å². The van der Waals surface area contributed by atoms with Gasteiger partial charge >= 0.3 is 5.97 Å². The predicted molar refractivity (Wildman–Crippen MR) is 174 cm³/mol. The van der Waals surface area contributed by atoms with E-state index in [9.17, 15) is 9.90 Å². The number of ether oxygens (including phenoxy) is 1. The molecule has 0 heterocycles. The van der Waals surface area contributed by atoms with Gasteiger partial charge in [0, 0.05) is 37.8 Å². The maximum Gasteiger partial charge on any atom is 0.307 e. The van der Waals surface area contributed by atoms with Gasteiger partial charge in [-0.15, -0.1) is 0 Å². The molecule has 0 spiro atoms. The Morgan fingerprint density at radius 1 is 0.674 bits per heavy atom. The summed E-state index contributed by atoms with van der Waals surface area (Å²) in [5.41, 5.74) is 3.99. The van der Waals surface area contributed by atoms with Crippen molar-refractivity contribution in [2.24, 2.45) is 0 Å². The molecule has 226 valence electrons. The third-order valence-electron chi connectivity index (χ3n) is 7.77. The molecule has 0 aliphatic carbocycles. The topological polar surface area (TPSA) is 53.0 Å². The van der Waals surface area contributed by atoms with Crippen molar-refractivity contribution in [2.75, 3.05) is 6.61 Å². The van der Waals surface area contributed by atoms with Crippen LogP contribution in [0.4, 0.5) is 0 Å². The largest absolute Gasteiger partial charge is 0.460 e. The van der Waals surface area contributed by atoms with Gasteiger partial charge in [0.25, 0.3) is 0 Å². The van der Waals surface area contributed by atoms with E-state index in [4.69, 9.17) is 4.74 Å². The Balaban J connectivity index is 1.80. The van der Waals surface area contributed by atoms with Crippen LogP contribution in [0.25, 0.3) is 0 Å². The van der Waals surface area contributed by atoms with Crippen LogP contribution < -0.4 is 0 Å². The maximum atomic E-state index is 13.6. The molecule has 0 radical (unpaired) electrons. The molecule has 4 rings (SSSR count). The number of esters is 1. The monoisotopic (exact) mass is 578 g/mol. The fourth-order valence-corrected chi connectivity index (χ4v) is 5.69. The highest BCUT2D eigenvalue weighted by molar-refractivity contribution is 5.70. The van der Waals surface area contributed by atoms with Crippen LogP contribution in [-0.4, -0.2) is 45.2 Å². The normalized spacial score (nSPS) is 13.9. The Morgan fingerprint density at radius 2 is 1.09 bits per heavy atom. The molecule has 5 nitrogen and oxygen atoms in total. The first-order valence-corrected chi connectivity index (χ1v) is 15.2. The number of aliphatic hydroxyl groups excluding tert-OH is 1. The van der Waals surface area contributed by atoms with Crippen LogP contribution in [0.15, 0.2) is 121 Å². The van der Waals surface area contributed by atoms with Crippen molar-refractivity contribution in [3.8, 4) is 0 Å². The highest BCUT2D eigenvalue weighted by atomic mass is 16.6. The second-order valence-corrected chi connectivity index (χ2v) is 12.2. The molecule has 4 aromatic rings. The Labute approximate surface area is 257 Å². The summed E-state index contributed by atoms with van der Waals surface area (Å²) < 4.78 is 5.90. The van der Waals surface area contributed by atoms with Crippen molar-refractivity contribution in [3.63, 3.8) is 0 Å². The Bertz CT molecular complexity index is 1320. The van der Waals surface area contributed by atoms with Gasteiger partial charge in [-0.3, -0.25) is 14.6 Å². The number of hydrogen-bond donors (Lipinski definition) is 1. The van der Waals surface area contributed by atoms with Crippen LogP contribution in [0, 0.1) is 0 Å². The first-order chi connectivity index (χ1) is 20.7. The van der Waals surface area contributed by atoms with Crippen molar-refractivity contribution in [1.82, 2.24) is 9.80 Å². The van der Waals surface area contributed by atoms with Crippen molar-refractivity contribution in [3.05, 3.63) is 144 Å². The molecule has 5 heteroatoms. The van der Waals surface area contributed by atoms with E-state index in [1.807, 2.05) is 81.4 Å². The lowest BCUT2D eigenvalue weighted by Crippen LogP contribution is -2.54. The average molecular weight is 579 g/mol. The molecule has 0 aromatic heterocycles. The molecule has 0 saturated heterocycles. The smallest absolute Gasteiger partial charge is 0.307 e. The van der Waals surface area contributed by atoms with Gasteiger partial charge in [0.1, 0.15) is 5.60 Å². The molecule has 1 N–H and O–H groups in total. The molecular weight excluding hydrogens is 532 g/mol. The van der Waals surface area contributed by atoms with E-state index in [0.717, 1.165) is 22.3 Å². The zero-order chi connectivity index (χ0) is 30.7. The summed E-state index contributed by atoms with van der Waals surface area (Å²) in [7, 11) is 0. The average Bonchev–Trinajstić information content (AvgIpc) is 3.00. The highest BCUT2D eigenvalue weighted by Crippen LogP contribution is 2.31. The molecule has 0 amide bonds. The first kappa shape index (κ1) is 32.2. The second-order valence-electron chi connectivity index (χ2n) is 12.2. The van der Waals surface area contributed by atoms with Gasteiger partial charge in [-0.05, 0) is 49.9 Å². The third kappa shape index (κ3) is 9.89. The lowest BCUT2D eigenvalue weighted by molar-refractivity contribution is -0.157. The number of nitrogens with zero attached hydrogens (tertiary/aromatic N) is 2. The summed E-state index contributed by atoms with van der Waals surface area (Å²) in [4.78, 5) is 18.3. The van der Waals surface area contributed by atoms with Crippen molar-refractivity contribution in [1.29, 1.82) is 0 Å².